The van der Waals surface area contributed by atoms with Crippen LogP contribution in [0.25, 0.3) is 5.65 Å². The van der Waals surface area contributed by atoms with E-state index in [0.29, 0.717) is 33.0 Å². The van der Waals surface area contributed by atoms with E-state index in [4.69, 9.17) is 26.3 Å². The van der Waals surface area contributed by atoms with Crippen LogP contribution < -0.4 is 4.74 Å². The Morgan fingerprint density at radius 3 is 3.00 bits per heavy atom. The topological polar surface area (TPSA) is 72.4 Å². The molecule has 0 bridgehead atoms. The summed E-state index contributed by atoms with van der Waals surface area (Å²) in [6.45, 7) is -3.07. The minimum atomic E-state index is -2.97. The zero-order valence-corrected chi connectivity index (χ0v) is 16.5. The number of benzene rings is 1. The highest BCUT2D eigenvalue weighted by atomic mass is 79.9. The maximum atomic E-state index is 12.9. The fourth-order valence-corrected chi connectivity index (χ4v) is 4.03. The average Bonchev–Trinajstić information content (AvgIpc) is 3.18. The number of hydrogen-bond acceptors (Lipinski definition) is 5. The van der Waals surface area contributed by atoms with E-state index in [2.05, 4.69) is 25.9 Å². The fraction of sp³-hybridized carbons (Fsp3) is 0.278. The number of halogens is 4. The number of nitriles is 1. The third-order valence-electron chi connectivity index (χ3n) is 4.54. The summed E-state index contributed by atoms with van der Waals surface area (Å²) in [6.07, 6.45) is 3.30. The van der Waals surface area contributed by atoms with E-state index in [1.165, 1.54) is 12.1 Å². The molecule has 6 nitrogen and oxygen atoms in total. The quantitative estimate of drug-likeness (QED) is 0.533. The maximum Gasteiger partial charge on any atom is 0.387 e. The van der Waals surface area contributed by atoms with Gasteiger partial charge in [0.2, 0.25) is 0 Å². The second-order valence-electron chi connectivity index (χ2n) is 6.13. The van der Waals surface area contributed by atoms with Crippen molar-refractivity contribution in [2.45, 2.75) is 25.1 Å². The molecule has 0 saturated heterocycles. The Bertz CT molecular complexity index is 1090. The smallest absolute Gasteiger partial charge is 0.387 e. The van der Waals surface area contributed by atoms with Crippen molar-refractivity contribution in [3.8, 4) is 11.8 Å². The Hall–Kier alpha value is -2.28. The molecule has 1 aromatic carbocycles. The number of alkyl halides is 2. The van der Waals surface area contributed by atoms with Gasteiger partial charge in [0.15, 0.2) is 5.65 Å². The molecule has 0 amide bonds. The van der Waals surface area contributed by atoms with Crippen molar-refractivity contribution in [1.82, 2.24) is 14.4 Å². The molecule has 2 atom stereocenters. The van der Waals surface area contributed by atoms with Crippen LogP contribution in [0.2, 0.25) is 5.02 Å². The number of hydrogen-bond donors (Lipinski definition) is 0. The number of rotatable bonds is 5. The van der Waals surface area contributed by atoms with E-state index in [1.807, 2.05) is 10.5 Å². The van der Waals surface area contributed by atoms with Gasteiger partial charge in [-0.15, -0.1) is 0 Å². The van der Waals surface area contributed by atoms with Crippen LogP contribution in [0.3, 0.4) is 0 Å². The normalized spacial score (nSPS) is 18.4. The Kier molecular flexibility index (Phi) is 5.19. The van der Waals surface area contributed by atoms with Gasteiger partial charge in [0.25, 0.3) is 0 Å². The highest BCUT2D eigenvalue weighted by Gasteiger charge is 2.39. The molecule has 4 rings (SSSR count). The van der Waals surface area contributed by atoms with Crippen molar-refractivity contribution < 1.29 is 18.3 Å². The molecule has 144 valence electrons. The molecule has 28 heavy (non-hydrogen) atoms. The minimum Gasteiger partial charge on any atom is -0.435 e. The lowest BCUT2D eigenvalue weighted by Gasteiger charge is -2.18. The Labute approximate surface area is 171 Å². The van der Waals surface area contributed by atoms with Crippen molar-refractivity contribution >= 4 is 33.2 Å². The maximum absolute atomic E-state index is 12.9. The second-order valence-corrected chi connectivity index (χ2v) is 7.38. The van der Waals surface area contributed by atoms with Crippen LogP contribution in [0.1, 0.15) is 35.4 Å². The number of fused-ring (bicyclic) bond motifs is 3. The van der Waals surface area contributed by atoms with Crippen molar-refractivity contribution in [3.05, 3.63) is 57.2 Å². The lowest BCUT2D eigenvalue weighted by Crippen LogP contribution is -2.09. The summed E-state index contributed by atoms with van der Waals surface area (Å²) >= 11 is 9.48. The number of ether oxygens (including phenoxy) is 2. The summed E-state index contributed by atoms with van der Waals surface area (Å²) < 4.78 is 38.6. The highest BCUT2D eigenvalue weighted by molar-refractivity contribution is 9.10. The van der Waals surface area contributed by atoms with Crippen molar-refractivity contribution in [1.29, 1.82) is 5.26 Å². The molecule has 0 aliphatic heterocycles. The van der Waals surface area contributed by atoms with Gasteiger partial charge in [-0.05, 0) is 40.5 Å². The molecule has 0 radical (unpaired) electrons. The van der Waals surface area contributed by atoms with Crippen LogP contribution in [0, 0.1) is 11.3 Å². The monoisotopic (exact) mass is 468 g/mol. The van der Waals surface area contributed by atoms with Gasteiger partial charge in [0.05, 0.1) is 23.7 Å². The Balaban J connectivity index is 1.88. The Morgan fingerprint density at radius 1 is 1.43 bits per heavy atom. The summed E-state index contributed by atoms with van der Waals surface area (Å²) in [4.78, 5) is 8.75. The van der Waals surface area contributed by atoms with E-state index < -0.39 is 12.7 Å². The predicted octanol–water partition coefficient (Wildman–Crippen LogP) is 4.86. The Morgan fingerprint density at radius 2 is 2.25 bits per heavy atom. The molecule has 0 fully saturated rings. The largest absolute Gasteiger partial charge is 0.435 e. The zero-order valence-electron chi connectivity index (χ0n) is 14.2. The van der Waals surface area contributed by atoms with E-state index in [9.17, 15) is 8.78 Å². The first-order valence-corrected chi connectivity index (χ1v) is 9.41. The number of nitrogens with zero attached hydrogens (tertiary/aromatic N) is 4. The lowest BCUT2D eigenvalue weighted by atomic mass is 9.95. The summed E-state index contributed by atoms with van der Waals surface area (Å²) in [7, 11) is 0. The first-order chi connectivity index (χ1) is 13.5. The minimum absolute atomic E-state index is 0.0411. The van der Waals surface area contributed by atoms with E-state index in [0.717, 1.165) is 5.69 Å². The third-order valence-corrected chi connectivity index (χ3v) is 5.18. The SMILES string of the molecule is N#CCO[C@@H]1C[C@H](c2cc(Cl)ccc2OC(F)F)c2c1nc1cnc(Br)cn21. The molecule has 0 unspecified atom stereocenters. The molecular formula is C18H12BrClF2N4O2. The number of aromatic nitrogens is 3. The van der Waals surface area contributed by atoms with Crippen LogP contribution in [-0.2, 0) is 4.74 Å². The predicted molar refractivity (Wildman–Crippen MR) is 99.5 cm³/mol. The summed E-state index contributed by atoms with van der Waals surface area (Å²) in [6, 6.07) is 6.48. The van der Waals surface area contributed by atoms with Gasteiger partial charge in [-0.1, -0.05) is 11.6 Å². The summed E-state index contributed by atoms with van der Waals surface area (Å²) in [5, 5.41) is 9.28. The molecule has 3 aromatic rings. The van der Waals surface area contributed by atoms with Crippen molar-refractivity contribution in [2.24, 2.45) is 0 Å². The van der Waals surface area contributed by atoms with Crippen LogP contribution in [0.5, 0.6) is 5.75 Å². The van der Waals surface area contributed by atoms with E-state index >= 15 is 0 Å². The molecule has 0 saturated carbocycles. The van der Waals surface area contributed by atoms with Crippen LogP contribution in [0.4, 0.5) is 8.78 Å². The summed E-state index contributed by atoms with van der Waals surface area (Å²) in [5.74, 6) is -0.324. The molecule has 2 heterocycles. The van der Waals surface area contributed by atoms with E-state index in [1.54, 1.807) is 18.5 Å². The van der Waals surface area contributed by atoms with Gasteiger partial charge in [-0.25, -0.2) is 9.97 Å². The average molecular weight is 470 g/mol. The van der Waals surface area contributed by atoms with Gasteiger partial charge in [-0.3, -0.25) is 4.40 Å². The number of imidazole rings is 1. The fourth-order valence-electron chi connectivity index (χ4n) is 3.54. The molecule has 0 N–H and O–H groups in total. The van der Waals surface area contributed by atoms with Gasteiger partial charge >= 0.3 is 6.61 Å². The third kappa shape index (κ3) is 3.43. The molecule has 10 heteroatoms. The van der Waals surface area contributed by atoms with E-state index in [-0.39, 0.29) is 18.3 Å². The van der Waals surface area contributed by atoms with Crippen molar-refractivity contribution in [3.63, 3.8) is 0 Å². The van der Waals surface area contributed by atoms with Crippen LogP contribution in [-0.4, -0.2) is 27.6 Å². The van der Waals surface area contributed by atoms with Crippen LogP contribution >= 0.6 is 27.5 Å². The zero-order chi connectivity index (χ0) is 19.8. The van der Waals surface area contributed by atoms with Gasteiger partial charge < -0.3 is 9.47 Å². The standard InChI is InChI=1S/C18H12BrClF2N4O2/c19-14-8-26-15(7-24-14)25-16-13(27-4-3-23)6-11(17(16)26)10-5-9(20)1-2-12(10)28-18(21)22/h1-2,5,7-8,11,13,18H,4,6H2/t11-,13-/m1/s1. The van der Waals surface area contributed by atoms with Crippen molar-refractivity contribution in [2.75, 3.05) is 6.61 Å². The first kappa shape index (κ1) is 19.1. The van der Waals surface area contributed by atoms with Gasteiger partial charge in [0, 0.05) is 22.7 Å². The molecule has 2 aromatic heterocycles. The van der Waals surface area contributed by atoms with Crippen LogP contribution in [0.15, 0.2) is 35.2 Å². The molecular weight excluding hydrogens is 458 g/mol. The van der Waals surface area contributed by atoms with Gasteiger partial charge in [0.1, 0.15) is 23.1 Å². The molecule has 0 spiro atoms. The molecule has 1 aliphatic rings. The summed E-state index contributed by atoms with van der Waals surface area (Å²) in [5.41, 5.74) is 2.50. The lowest BCUT2D eigenvalue weighted by molar-refractivity contribution is -0.0506. The van der Waals surface area contributed by atoms with Gasteiger partial charge in [-0.2, -0.15) is 14.0 Å². The first-order valence-electron chi connectivity index (χ1n) is 8.24. The molecule has 1 aliphatic carbocycles. The second kappa shape index (κ2) is 7.62. The highest BCUT2D eigenvalue weighted by Crippen LogP contribution is 2.48.